The Bertz CT molecular complexity index is 341. The predicted octanol–water partition coefficient (Wildman–Crippen LogP) is -0.746. The van der Waals surface area contributed by atoms with Crippen LogP contribution in [-0.2, 0) is 14.3 Å². The molecule has 8 heteroatoms. The van der Waals surface area contributed by atoms with Gasteiger partial charge in [-0.25, -0.2) is 9.59 Å². The molecule has 0 unspecified atom stereocenters. The summed E-state index contributed by atoms with van der Waals surface area (Å²) in [6.07, 6.45) is 0. The minimum Gasteiger partial charge on any atom is -0.480 e. The Morgan fingerprint density at radius 3 is 2.26 bits per heavy atom. The lowest BCUT2D eigenvalue weighted by Gasteiger charge is -2.32. The van der Waals surface area contributed by atoms with Gasteiger partial charge >= 0.3 is 12.0 Å². The molecule has 3 N–H and O–H groups in total. The summed E-state index contributed by atoms with van der Waals surface area (Å²) in [5.74, 6) is -1.87. The summed E-state index contributed by atoms with van der Waals surface area (Å²) < 4.78 is 4.54. The minimum absolute atomic E-state index is 0.250. The van der Waals surface area contributed by atoms with E-state index < -0.39 is 31.1 Å². The van der Waals surface area contributed by atoms with Crippen LogP contribution in [0.3, 0.4) is 0 Å². The van der Waals surface area contributed by atoms with Crippen LogP contribution in [0.1, 0.15) is 13.8 Å². The van der Waals surface area contributed by atoms with Gasteiger partial charge in [-0.3, -0.25) is 10.1 Å². The quantitative estimate of drug-likeness (QED) is 0.564. The third-order valence-corrected chi connectivity index (χ3v) is 2.60. The number of aliphatic carboxylic acids is 1. The molecule has 0 heterocycles. The van der Waals surface area contributed by atoms with Crippen LogP contribution in [0.15, 0.2) is 0 Å². The fourth-order valence-corrected chi connectivity index (χ4v) is 0.893. The van der Waals surface area contributed by atoms with E-state index in [0.29, 0.717) is 6.54 Å². The van der Waals surface area contributed by atoms with Crippen LogP contribution in [0, 0.1) is 0 Å². The highest BCUT2D eigenvalue weighted by molar-refractivity contribution is 5.94. The number of rotatable bonds is 7. The fourth-order valence-electron chi connectivity index (χ4n) is 0.893. The molecule has 3 amide bonds. The average Bonchev–Trinajstić information content (AvgIpc) is 2.25. The first-order valence-electron chi connectivity index (χ1n) is 5.70. The number of nitrogens with zero attached hydrogens (tertiary/aromatic N) is 1. The first-order valence-corrected chi connectivity index (χ1v) is 5.70. The third-order valence-electron chi connectivity index (χ3n) is 2.60. The van der Waals surface area contributed by atoms with E-state index in [1.807, 2.05) is 38.2 Å². The molecule has 0 aromatic carbocycles. The SMILES string of the molecule is CN(C)C(C)(C)CNC(=O)NC(=O)COCC(=O)O. The molecule has 110 valence electrons. The van der Waals surface area contributed by atoms with Crippen LogP contribution < -0.4 is 10.6 Å². The summed E-state index contributed by atoms with van der Waals surface area (Å²) in [6.45, 7) is 3.17. The fraction of sp³-hybridized carbons (Fsp3) is 0.727. The van der Waals surface area contributed by atoms with Gasteiger partial charge < -0.3 is 20.1 Å². The molecule has 0 saturated carbocycles. The highest BCUT2D eigenvalue weighted by atomic mass is 16.5. The monoisotopic (exact) mass is 275 g/mol. The minimum atomic E-state index is -1.18. The van der Waals surface area contributed by atoms with E-state index in [-0.39, 0.29) is 5.54 Å². The Labute approximate surface area is 112 Å². The molecule has 0 atom stereocenters. The van der Waals surface area contributed by atoms with Gasteiger partial charge in [0.15, 0.2) is 0 Å². The normalized spacial score (nSPS) is 11.2. The molecule has 0 aliphatic rings. The summed E-state index contributed by atoms with van der Waals surface area (Å²) in [6, 6.07) is -0.640. The highest BCUT2D eigenvalue weighted by Crippen LogP contribution is 2.07. The molecule has 0 rings (SSSR count). The topological polar surface area (TPSA) is 108 Å². The van der Waals surface area contributed by atoms with Gasteiger partial charge in [0.25, 0.3) is 5.91 Å². The first kappa shape index (κ1) is 17.3. The van der Waals surface area contributed by atoms with Crippen molar-refractivity contribution in [2.45, 2.75) is 19.4 Å². The lowest BCUT2D eigenvalue weighted by atomic mass is 10.1. The van der Waals surface area contributed by atoms with Crippen molar-refractivity contribution in [3.05, 3.63) is 0 Å². The second-order valence-electron chi connectivity index (χ2n) is 4.82. The molecule has 0 spiro atoms. The van der Waals surface area contributed by atoms with Gasteiger partial charge in [-0.05, 0) is 27.9 Å². The lowest BCUT2D eigenvalue weighted by molar-refractivity contribution is -0.143. The third kappa shape index (κ3) is 8.11. The van der Waals surface area contributed by atoms with Crippen LogP contribution >= 0.6 is 0 Å². The Morgan fingerprint density at radius 1 is 1.21 bits per heavy atom. The predicted molar refractivity (Wildman–Crippen MR) is 67.8 cm³/mol. The maximum absolute atomic E-state index is 11.4. The van der Waals surface area contributed by atoms with Crippen molar-refractivity contribution in [3.8, 4) is 0 Å². The molecule has 0 aromatic heterocycles. The van der Waals surface area contributed by atoms with Crippen molar-refractivity contribution < 1.29 is 24.2 Å². The van der Waals surface area contributed by atoms with Gasteiger partial charge in [-0.1, -0.05) is 0 Å². The largest absolute Gasteiger partial charge is 0.480 e. The summed E-state index contributed by atoms with van der Waals surface area (Å²) in [4.78, 5) is 34.7. The molecule has 0 fully saturated rings. The number of ether oxygens (including phenoxy) is 1. The summed E-state index contributed by atoms with van der Waals surface area (Å²) in [5.41, 5.74) is -0.250. The molecule has 0 saturated heterocycles. The van der Waals surface area contributed by atoms with Crippen LogP contribution in [0.4, 0.5) is 4.79 Å². The van der Waals surface area contributed by atoms with Gasteiger partial charge in [0.2, 0.25) is 0 Å². The van der Waals surface area contributed by atoms with E-state index in [4.69, 9.17) is 5.11 Å². The number of carboxylic acid groups (broad SMARTS) is 1. The average molecular weight is 275 g/mol. The van der Waals surface area contributed by atoms with Crippen molar-refractivity contribution in [3.63, 3.8) is 0 Å². The zero-order valence-corrected chi connectivity index (χ0v) is 11.6. The van der Waals surface area contributed by atoms with E-state index in [0.717, 1.165) is 0 Å². The number of urea groups is 1. The molecular weight excluding hydrogens is 254 g/mol. The second-order valence-corrected chi connectivity index (χ2v) is 4.82. The van der Waals surface area contributed by atoms with E-state index in [1.54, 1.807) is 0 Å². The molecule has 0 aliphatic carbocycles. The Kier molecular flexibility index (Phi) is 7.02. The number of carboxylic acids is 1. The number of amides is 3. The summed E-state index contributed by atoms with van der Waals surface area (Å²) in [7, 11) is 3.76. The number of carbonyl (C=O) groups is 3. The number of hydrogen-bond donors (Lipinski definition) is 3. The van der Waals surface area contributed by atoms with Crippen LogP contribution in [0.5, 0.6) is 0 Å². The number of hydrogen-bond acceptors (Lipinski definition) is 5. The summed E-state index contributed by atoms with van der Waals surface area (Å²) >= 11 is 0. The number of nitrogens with one attached hydrogen (secondary N) is 2. The lowest BCUT2D eigenvalue weighted by Crippen LogP contribution is -2.51. The van der Waals surface area contributed by atoms with Gasteiger partial charge in [-0.15, -0.1) is 0 Å². The number of likely N-dealkylation sites (N-methyl/N-ethyl adjacent to an activating group) is 1. The maximum atomic E-state index is 11.4. The highest BCUT2D eigenvalue weighted by Gasteiger charge is 2.21. The molecule has 0 radical (unpaired) electrons. The van der Waals surface area contributed by atoms with Crippen molar-refractivity contribution >= 4 is 17.9 Å². The summed E-state index contributed by atoms with van der Waals surface area (Å²) in [5, 5.41) is 12.9. The van der Waals surface area contributed by atoms with Gasteiger partial charge in [0.1, 0.15) is 13.2 Å². The second kappa shape index (κ2) is 7.70. The standard InChI is InChI=1S/C11H21N3O5/c1-11(2,14(3)4)7-12-10(18)13-8(15)5-19-6-9(16)17/h5-7H2,1-4H3,(H,16,17)(H2,12,13,15,18). The molecule has 0 bridgehead atoms. The van der Waals surface area contributed by atoms with E-state index in [2.05, 4.69) is 10.1 Å². The molecule has 0 aliphatic heterocycles. The van der Waals surface area contributed by atoms with E-state index in [1.165, 1.54) is 0 Å². The smallest absolute Gasteiger partial charge is 0.329 e. The first-order chi connectivity index (χ1) is 8.65. The number of imide groups is 1. The van der Waals surface area contributed by atoms with E-state index in [9.17, 15) is 14.4 Å². The van der Waals surface area contributed by atoms with Crippen molar-refractivity contribution in [1.82, 2.24) is 15.5 Å². The number of carbonyl (C=O) groups excluding carboxylic acids is 2. The molecular formula is C11H21N3O5. The maximum Gasteiger partial charge on any atom is 0.329 e. The van der Waals surface area contributed by atoms with E-state index >= 15 is 0 Å². The van der Waals surface area contributed by atoms with Gasteiger partial charge in [-0.2, -0.15) is 0 Å². The molecule has 8 nitrogen and oxygen atoms in total. The van der Waals surface area contributed by atoms with Crippen LogP contribution in [0.25, 0.3) is 0 Å². The van der Waals surface area contributed by atoms with Crippen molar-refractivity contribution in [2.24, 2.45) is 0 Å². The van der Waals surface area contributed by atoms with Gasteiger partial charge in [0.05, 0.1) is 0 Å². The van der Waals surface area contributed by atoms with Crippen LogP contribution in [0.2, 0.25) is 0 Å². The van der Waals surface area contributed by atoms with Crippen molar-refractivity contribution in [2.75, 3.05) is 33.9 Å². The Balaban J connectivity index is 3.92. The van der Waals surface area contributed by atoms with Gasteiger partial charge in [0, 0.05) is 12.1 Å². The zero-order chi connectivity index (χ0) is 15.1. The Morgan fingerprint density at radius 2 is 1.79 bits per heavy atom. The van der Waals surface area contributed by atoms with Crippen LogP contribution in [-0.4, -0.2) is 67.3 Å². The molecule has 0 aromatic rings. The van der Waals surface area contributed by atoms with Crippen molar-refractivity contribution in [1.29, 1.82) is 0 Å². The molecule has 19 heavy (non-hydrogen) atoms. The zero-order valence-electron chi connectivity index (χ0n) is 11.6. The Hall–Kier alpha value is -1.67.